The third kappa shape index (κ3) is 5.44. The molecule has 36 heavy (non-hydrogen) atoms. The van der Waals surface area contributed by atoms with Crippen LogP contribution >= 0.6 is 34.8 Å². The first-order valence-corrected chi connectivity index (χ1v) is 14.4. The molecule has 13 heteroatoms. The fourth-order valence-electron chi connectivity index (χ4n) is 3.63. The predicted octanol–water partition coefficient (Wildman–Crippen LogP) is 6.27. The van der Waals surface area contributed by atoms with E-state index >= 15 is 0 Å². The van der Waals surface area contributed by atoms with Crippen molar-refractivity contribution >= 4 is 78.5 Å². The van der Waals surface area contributed by atoms with Gasteiger partial charge in [-0.15, -0.1) is 0 Å². The van der Waals surface area contributed by atoms with E-state index in [9.17, 15) is 22.0 Å². The molecule has 0 aliphatic rings. The van der Waals surface area contributed by atoms with Crippen molar-refractivity contribution in [2.45, 2.75) is 6.92 Å². The zero-order valence-electron chi connectivity index (χ0n) is 18.7. The molecule has 1 unspecified atom stereocenters. The van der Waals surface area contributed by atoms with Crippen LogP contribution in [0.15, 0.2) is 52.9 Å². The topological polar surface area (TPSA) is 118 Å². The number of rotatable bonds is 7. The third-order valence-corrected chi connectivity index (χ3v) is 7.49. The van der Waals surface area contributed by atoms with Crippen LogP contribution in [-0.4, -0.2) is 40.1 Å². The number of hydrogen-bond acceptors (Lipinski definition) is 6. The van der Waals surface area contributed by atoms with E-state index < -0.39 is 32.8 Å². The standard InChI is InChI=1S/C23H17Cl3N2O6S2/c1-12(29)22-21(28(35(30)31)11-36(2,32)33)18-10-17(13-3-5-14(24)6-4-13)20(27-23(18)34-22)16-8-7-15(25)9-19(16)26/h3-10H,11H2,1-2H3,(H,30,31). The number of anilines is 1. The number of halogens is 3. The average Bonchev–Trinajstić information content (AvgIpc) is 3.15. The van der Waals surface area contributed by atoms with Crippen LogP contribution in [0.1, 0.15) is 17.5 Å². The zero-order chi connectivity index (χ0) is 26.4. The van der Waals surface area contributed by atoms with Crippen molar-refractivity contribution in [1.82, 2.24) is 4.98 Å². The normalized spacial score (nSPS) is 12.6. The molecular formula is C23H17Cl3N2O6S2. The van der Waals surface area contributed by atoms with E-state index in [2.05, 4.69) is 4.98 Å². The first-order valence-electron chi connectivity index (χ1n) is 10.1. The number of hydrogen-bond donors (Lipinski definition) is 1. The van der Waals surface area contributed by atoms with E-state index in [4.69, 9.17) is 39.2 Å². The number of ketones is 1. The molecule has 0 fully saturated rings. The molecule has 0 saturated heterocycles. The molecule has 2 aromatic carbocycles. The van der Waals surface area contributed by atoms with E-state index in [0.717, 1.165) is 6.26 Å². The maximum atomic E-state index is 12.4. The quantitative estimate of drug-likeness (QED) is 0.200. The lowest BCUT2D eigenvalue weighted by atomic mass is 9.98. The van der Waals surface area contributed by atoms with Gasteiger partial charge in [-0.1, -0.05) is 46.9 Å². The Balaban J connectivity index is 2.11. The van der Waals surface area contributed by atoms with Gasteiger partial charge in [0.05, 0.1) is 16.1 Å². The second-order valence-corrected chi connectivity index (χ2v) is 12.2. The molecule has 4 rings (SSSR count). The molecule has 0 amide bonds. The first-order chi connectivity index (χ1) is 16.9. The van der Waals surface area contributed by atoms with Crippen molar-refractivity contribution in [1.29, 1.82) is 0 Å². The number of sulfone groups is 1. The molecule has 0 aliphatic heterocycles. The number of Topliss-reactive ketones (excluding diaryl/α,β-unsaturated/α-hetero) is 1. The van der Waals surface area contributed by atoms with E-state index in [1.54, 1.807) is 48.5 Å². The van der Waals surface area contributed by atoms with Crippen molar-refractivity contribution in [3.8, 4) is 22.4 Å². The third-order valence-electron chi connectivity index (χ3n) is 5.11. The summed E-state index contributed by atoms with van der Waals surface area (Å²) in [5.74, 6) is -1.75. The minimum atomic E-state index is -3.78. The highest BCUT2D eigenvalue weighted by Gasteiger charge is 2.30. The molecule has 2 aromatic heterocycles. The highest BCUT2D eigenvalue weighted by Crippen LogP contribution is 2.42. The molecule has 8 nitrogen and oxygen atoms in total. The summed E-state index contributed by atoms with van der Waals surface area (Å²) < 4.78 is 52.6. The largest absolute Gasteiger partial charge is 0.432 e. The number of carbonyl (C=O) groups excluding carboxylic acids is 1. The molecule has 0 saturated carbocycles. The number of benzene rings is 2. The van der Waals surface area contributed by atoms with Gasteiger partial charge in [0.25, 0.3) is 11.3 Å². The lowest BCUT2D eigenvalue weighted by molar-refractivity contribution is 0.0990. The minimum absolute atomic E-state index is 0.0575. The summed E-state index contributed by atoms with van der Waals surface area (Å²) in [6.45, 7) is 1.19. The van der Waals surface area contributed by atoms with Crippen LogP contribution in [0.4, 0.5) is 5.69 Å². The van der Waals surface area contributed by atoms with Crippen molar-refractivity contribution in [3.63, 3.8) is 0 Å². The van der Waals surface area contributed by atoms with Crippen LogP contribution in [0.3, 0.4) is 0 Å². The van der Waals surface area contributed by atoms with Gasteiger partial charge in [0, 0.05) is 34.4 Å². The van der Waals surface area contributed by atoms with Crippen LogP contribution < -0.4 is 4.31 Å². The lowest BCUT2D eigenvalue weighted by Crippen LogP contribution is -2.31. The fraction of sp³-hybridized carbons (Fsp3) is 0.130. The van der Waals surface area contributed by atoms with Crippen LogP contribution in [0, 0.1) is 0 Å². The Bertz CT molecular complexity index is 1640. The van der Waals surface area contributed by atoms with Gasteiger partial charge in [-0.2, -0.15) is 0 Å². The molecule has 0 spiro atoms. The van der Waals surface area contributed by atoms with Crippen LogP contribution in [0.5, 0.6) is 0 Å². The SMILES string of the molecule is CC(=O)c1oc2nc(-c3ccc(Cl)cc3Cl)c(-c3ccc(Cl)cc3)cc2c1N(CS(C)(=O)=O)S(=O)O. The van der Waals surface area contributed by atoms with Gasteiger partial charge in [0.2, 0.25) is 5.71 Å². The van der Waals surface area contributed by atoms with E-state index in [1.165, 1.54) is 6.92 Å². The smallest absolute Gasteiger partial charge is 0.262 e. The lowest BCUT2D eigenvalue weighted by Gasteiger charge is -2.19. The van der Waals surface area contributed by atoms with Crippen molar-refractivity contribution in [2.75, 3.05) is 16.4 Å². The van der Waals surface area contributed by atoms with Gasteiger partial charge in [0.15, 0.2) is 21.4 Å². The Kier molecular flexibility index (Phi) is 7.47. The molecule has 1 N–H and O–H groups in total. The van der Waals surface area contributed by atoms with E-state index in [1.807, 2.05) is 0 Å². The van der Waals surface area contributed by atoms with Crippen LogP contribution in [0.2, 0.25) is 15.1 Å². The molecule has 0 bridgehead atoms. The Morgan fingerprint density at radius 1 is 1.06 bits per heavy atom. The van der Waals surface area contributed by atoms with Crippen molar-refractivity contribution in [3.05, 3.63) is 69.4 Å². The maximum Gasteiger partial charge on any atom is 0.262 e. The summed E-state index contributed by atoms with van der Waals surface area (Å²) in [5.41, 5.74) is 1.84. The maximum absolute atomic E-state index is 12.4. The van der Waals surface area contributed by atoms with Gasteiger partial charge in [-0.3, -0.25) is 9.35 Å². The first kappa shape index (κ1) is 26.6. The van der Waals surface area contributed by atoms with Gasteiger partial charge in [-0.05, 0) is 42.0 Å². The van der Waals surface area contributed by atoms with Crippen LogP contribution in [0.25, 0.3) is 33.5 Å². The van der Waals surface area contributed by atoms with Gasteiger partial charge >= 0.3 is 0 Å². The van der Waals surface area contributed by atoms with E-state index in [0.29, 0.717) is 41.8 Å². The number of pyridine rings is 1. The Labute approximate surface area is 224 Å². The second kappa shape index (κ2) is 10.1. The van der Waals surface area contributed by atoms with Crippen molar-refractivity contribution in [2.24, 2.45) is 0 Å². The Morgan fingerprint density at radius 3 is 2.25 bits per heavy atom. The molecule has 4 aromatic rings. The molecule has 188 valence electrons. The minimum Gasteiger partial charge on any atom is -0.432 e. The number of furan rings is 1. The number of nitrogens with zero attached hydrogens (tertiary/aromatic N) is 2. The summed E-state index contributed by atoms with van der Waals surface area (Å²) in [7, 11) is -3.78. The highest BCUT2D eigenvalue weighted by atomic mass is 35.5. The number of fused-ring (bicyclic) bond motifs is 1. The Morgan fingerprint density at radius 2 is 1.69 bits per heavy atom. The predicted molar refractivity (Wildman–Crippen MR) is 143 cm³/mol. The highest BCUT2D eigenvalue weighted by molar-refractivity contribution is 7.92. The summed E-state index contributed by atoms with van der Waals surface area (Å²) in [6.07, 6.45) is 0.903. The van der Waals surface area contributed by atoms with Crippen LogP contribution in [-0.2, 0) is 21.1 Å². The summed E-state index contributed by atoms with van der Waals surface area (Å²) >= 11 is 15.8. The van der Waals surface area contributed by atoms with Crippen molar-refractivity contribution < 1.29 is 26.4 Å². The van der Waals surface area contributed by atoms with Gasteiger partial charge in [-0.25, -0.2) is 21.9 Å². The second-order valence-electron chi connectivity index (χ2n) is 7.87. The molecular weight excluding hydrogens is 571 g/mol. The summed E-state index contributed by atoms with van der Waals surface area (Å²) in [5, 5.41) is 1.37. The number of aromatic nitrogens is 1. The van der Waals surface area contributed by atoms with E-state index in [-0.39, 0.29) is 22.5 Å². The monoisotopic (exact) mass is 586 g/mol. The fourth-order valence-corrected chi connectivity index (χ4v) is 6.09. The molecule has 0 aliphatic carbocycles. The van der Waals surface area contributed by atoms with Gasteiger partial charge < -0.3 is 4.42 Å². The Hall–Kier alpha value is -2.47. The molecule has 0 radical (unpaired) electrons. The summed E-state index contributed by atoms with van der Waals surface area (Å²) in [4.78, 5) is 17.0. The summed E-state index contributed by atoms with van der Waals surface area (Å²) in [6, 6.07) is 13.3. The molecule has 2 heterocycles. The zero-order valence-corrected chi connectivity index (χ0v) is 22.6. The average molecular weight is 588 g/mol. The number of carbonyl (C=O) groups is 1. The molecule has 1 atom stereocenters. The van der Waals surface area contributed by atoms with Gasteiger partial charge in [0.1, 0.15) is 11.6 Å².